The van der Waals surface area contributed by atoms with Gasteiger partial charge < -0.3 is 18.9 Å². The lowest BCUT2D eigenvalue weighted by molar-refractivity contribution is 0.294. The highest BCUT2D eigenvalue weighted by Crippen LogP contribution is 2.41. The van der Waals surface area contributed by atoms with Gasteiger partial charge in [-0.2, -0.15) is 0 Å². The lowest BCUT2D eigenvalue weighted by Gasteiger charge is -2.16. The molecule has 4 rings (SSSR count). The molecule has 0 spiro atoms. The van der Waals surface area contributed by atoms with Gasteiger partial charge in [-0.25, -0.2) is 18.4 Å². The minimum Gasteiger partial charge on any atom is -0.493 e. The van der Waals surface area contributed by atoms with Crippen LogP contribution in [0.25, 0.3) is 11.3 Å². The van der Waals surface area contributed by atoms with Crippen LogP contribution in [0.3, 0.4) is 0 Å². The van der Waals surface area contributed by atoms with Crippen molar-refractivity contribution >= 4 is 15.8 Å². The lowest BCUT2D eigenvalue weighted by atomic mass is 10.1. The molecule has 0 radical (unpaired) electrons. The molecule has 10 nitrogen and oxygen atoms in total. The number of anilines is 1. The van der Waals surface area contributed by atoms with Gasteiger partial charge in [0.15, 0.2) is 11.5 Å². The van der Waals surface area contributed by atoms with Crippen molar-refractivity contribution in [1.29, 1.82) is 0 Å². The Labute approximate surface area is 215 Å². The third kappa shape index (κ3) is 5.89. The number of hydrogen-bond donors (Lipinski definition) is 1. The molecule has 4 aromatic rings. The first-order valence-corrected chi connectivity index (χ1v) is 12.6. The summed E-state index contributed by atoms with van der Waals surface area (Å²) in [7, 11) is 0.592. The molecule has 0 saturated carbocycles. The van der Waals surface area contributed by atoms with E-state index in [0.29, 0.717) is 28.5 Å². The van der Waals surface area contributed by atoms with E-state index in [1.807, 2.05) is 13.0 Å². The Morgan fingerprint density at radius 1 is 0.919 bits per heavy atom. The molecule has 2 aromatic heterocycles. The Bertz CT molecular complexity index is 1450. The first-order valence-electron chi connectivity index (χ1n) is 11.1. The van der Waals surface area contributed by atoms with Crippen molar-refractivity contribution in [3.8, 4) is 34.4 Å². The summed E-state index contributed by atoms with van der Waals surface area (Å²) >= 11 is 0. The van der Waals surface area contributed by atoms with Crippen molar-refractivity contribution in [3.63, 3.8) is 0 Å². The van der Waals surface area contributed by atoms with Gasteiger partial charge in [-0.05, 0) is 37.3 Å². The maximum absolute atomic E-state index is 13.0. The summed E-state index contributed by atoms with van der Waals surface area (Å²) in [4.78, 5) is 13.1. The third-order valence-corrected chi connectivity index (χ3v) is 6.72. The number of rotatable bonds is 10. The first kappa shape index (κ1) is 25.7. The molecule has 0 aliphatic heterocycles. The monoisotopic (exact) mass is 522 g/mol. The van der Waals surface area contributed by atoms with E-state index in [-0.39, 0.29) is 23.2 Å². The quantitative estimate of drug-likeness (QED) is 0.326. The van der Waals surface area contributed by atoms with E-state index in [4.69, 9.17) is 18.9 Å². The molecule has 37 heavy (non-hydrogen) atoms. The number of nitrogens with one attached hydrogen (secondary N) is 1. The van der Waals surface area contributed by atoms with Crippen LogP contribution in [0.4, 0.5) is 5.82 Å². The van der Waals surface area contributed by atoms with Crippen LogP contribution < -0.4 is 23.7 Å². The number of hydrogen-bond acceptors (Lipinski definition) is 9. The molecule has 0 atom stereocenters. The van der Waals surface area contributed by atoms with Gasteiger partial charge in [0.05, 0.1) is 38.1 Å². The second-order valence-electron chi connectivity index (χ2n) is 7.89. The summed E-state index contributed by atoms with van der Waals surface area (Å²) in [6.07, 6.45) is 4.73. The van der Waals surface area contributed by atoms with Gasteiger partial charge in [0.1, 0.15) is 6.61 Å². The fraction of sp³-hybridized carbons (Fsp3) is 0.192. The largest absolute Gasteiger partial charge is 0.493 e. The summed E-state index contributed by atoms with van der Waals surface area (Å²) in [5.74, 6) is 1.23. The fourth-order valence-electron chi connectivity index (χ4n) is 3.45. The van der Waals surface area contributed by atoms with Gasteiger partial charge in [-0.1, -0.05) is 23.8 Å². The molecular weight excluding hydrogens is 496 g/mol. The number of ether oxygens (including phenoxy) is 4. The molecule has 0 bridgehead atoms. The predicted octanol–water partition coefficient (Wildman–Crippen LogP) is 4.25. The molecule has 0 saturated heterocycles. The Hall–Kier alpha value is -4.38. The zero-order valence-corrected chi connectivity index (χ0v) is 21.6. The van der Waals surface area contributed by atoms with Gasteiger partial charge in [0.2, 0.25) is 11.6 Å². The molecule has 11 heteroatoms. The second kappa shape index (κ2) is 11.1. The standard InChI is InChI=1S/C26H26N4O6S/c1-17-7-9-20(10-8-17)37(31,32)30-25-26(36-16-18-6-5-11-27-14-18)29-21(15-28-25)19-12-22(33-2)24(35-4)23(13-19)34-3/h5-15H,16H2,1-4H3,(H,28,30). The number of aryl methyl sites for hydroxylation is 1. The molecule has 0 amide bonds. The lowest BCUT2D eigenvalue weighted by Crippen LogP contribution is -2.16. The van der Waals surface area contributed by atoms with Crippen molar-refractivity contribution in [2.24, 2.45) is 0 Å². The Kier molecular flexibility index (Phi) is 7.73. The van der Waals surface area contributed by atoms with Crippen molar-refractivity contribution in [2.75, 3.05) is 26.1 Å². The SMILES string of the molecule is COc1cc(-c2cnc(NS(=O)(=O)c3ccc(C)cc3)c(OCc3cccnc3)n2)cc(OC)c1OC. The van der Waals surface area contributed by atoms with Gasteiger partial charge >= 0.3 is 0 Å². The van der Waals surface area contributed by atoms with E-state index in [0.717, 1.165) is 11.1 Å². The zero-order chi connectivity index (χ0) is 26.4. The predicted molar refractivity (Wildman–Crippen MR) is 138 cm³/mol. The summed E-state index contributed by atoms with van der Waals surface area (Å²) in [5, 5.41) is 0. The van der Waals surface area contributed by atoms with E-state index < -0.39 is 10.0 Å². The number of nitrogens with zero attached hydrogens (tertiary/aromatic N) is 3. The van der Waals surface area contributed by atoms with E-state index in [1.54, 1.807) is 42.7 Å². The molecule has 2 aromatic carbocycles. The summed E-state index contributed by atoms with van der Waals surface area (Å²) in [6.45, 7) is 1.97. The van der Waals surface area contributed by atoms with Crippen LogP contribution in [0, 0.1) is 6.92 Å². The van der Waals surface area contributed by atoms with Gasteiger partial charge in [0.25, 0.3) is 15.9 Å². The molecule has 0 unspecified atom stereocenters. The zero-order valence-electron chi connectivity index (χ0n) is 20.8. The van der Waals surface area contributed by atoms with Crippen LogP contribution in [0.2, 0.25) is 0 Å². The highest BCUT2D eigenvalue weighted by molar-refractivity contribution is 7.92. The topological polar surface area (TPSA) is 122 Å². The van der Waals surface area contributed by atoms with Crippen molar-refractivity contribution < 1.29 is 27.4 Å². The molecule has 2 heterocycles. The maximum atomic E-state index is 13.0. The van der Waals surface area contributed by atoms with E-state index in [9.17, 15) is 8.42 Å². The number of methoxy groups -OCH3 is 3. The molecule has 0 aliphatic rings. The normalized spacial score (nSPS) is 11.0. The summed E-state index contributed by atoms with van der Waals surface area (Å²) in [5.41, 5.74) is 2.71. The average molecular weight is 523 g/mol. The van der Waals surface area contributed by atoms with Crippen LogP contribution >= 0.6 is 0 Å². The van der Waals surface area contributed by atoms with Crippen LogP contribution in [-0.4, -0.2) is 44.7 Å². The number of aromatic nitrogens is 3. The van der Waals surface area contributed by atoms with Crippen LogP contribution in [0.5, 0.6) is 23.1 Å². The molecular formula is C26H26N4O6S. The smallest absolute Gasteiger partial charge is 0.263 e. The molecule has 192 valence electrons. The van der Waals surface area contributed by atoms with E-state index in [1.165, 1.54) is 39.7 Å². The van der Waals surface area contributed by atoms with Gasteiger partial charge in [-0.15, -0.1) is 0 Å². The van der Waals surface area contributed by atoms with E-state index in [2.05, 4.69) is 19.7 Å². The molecule has 0 fully saturated rings. The second-order valence-corrected chi connectivity index (χ2v) is 9.57. The number of pyridine rings is 1. The Balaban J connectivity index is 1.75. The minimum atomic E-state index is -3.94. The number of benzene rings is 2. The van der Waals surface area contributed by atoms with Crippen LogP contribution in [0.1, 0.15) is 11.1 Å². The minimum absolute atomic E-state index is 0.00853. The van der Waals surface area contributed by atoms with Crippen LogP contribution in [-0.2, 0) is 16.6 Å². The molecule has 1 N–H and O–H groups in total. The van der Waals surface area contributed by atoms with Crippen molar-refractivity contribution in [2.45, 2.75) is 18.4 Å². The van der Waals surface area contributed by atoms with Crippen molar-refractivity contribution in [1.82, 2.24) is 15.0 Å². The summed E-state index contributed by atoms with van der Waals surface area (Å²) < 4.78 is 50.8. The summed E-state index contributed by atoms with van der Waals surface area (Å²) in [6, 6.07) is 13.5. The highest BCUT2D eigenvalue weighted by atomic mass is 32.2. The van der Waals surface area contributed by atoms with Crippen LogP contribution in [0.15, 0.2) is 72.0 Å². The van der Waals surface area contributed by atoms with Gasteiger partial charge in [0, 0.05) is 23.5 Å². The third-order valence-electron chi connectivity index (χ3n) is 5.36. The Morgan fingerprint density at radius 2 is 1.62 bits per heavy atom. The van der Waals surface area contributed by atoms with Crippen molar-refractivity contribution in [3.05, 3.63) is 78.2 Å². The Morgan fingerprint density at radius 3 is 2.22 bits per heavy atom. The average Bonchev–Trinajstić information content (AvgIpc) is 2.92. The van der Waals surface area contributed by atoms with Gasteiger partial charge in [-0.3, -0.25) is 9.71 Å². The fourth-order valence-corrected chi connectivity index (χ4v) is 4.46. The number of sulfonamides is 1. The first-order chi connectivity index (χ1) is 17.8. The highest BCUT2D eigenvalue weighted by Gasteiger charge is 2.21. The van der Waals surface area contributed by atoms with E-state index >= 15 is 0 Å². The maximum Gasteiger partial charge on any atom is 0.263 e. The molecule has 0 aliphatic carbocycles.